The molecular weight excluding hydrogens is 311 g/mol. The SMILES string of the molecule is Nc1cc([N+](=O)[O-])nc(I)c1C(F)F. The number of nitrogens with two attached hydrogens (primary N) is 1. The fraction of sp³-hybridized carbons (Fsp3) is 0.167. The lowest BCUT2D eigenvalue weighted by molar-refractivity contribution is -0.389. The highest BCUT2D eigenvalue weighted by Crippen LogP contribution is 2.30. The molecule has 1 heterocycles. The van der Waals surface area contributed by atoms with Gasteiger partial charge in [0, 0.05) is 22.6 Å². The van der Waals surface area contributed by atoms with Crippen molar-refractivity contribution in [3.05, 3.63) is 25.4 Å². The van der Waals surface area contributed by atoms with Crippen LogP contribution in [0.4, 0.5) is 20.3 Å². The summed E-state index contributed by atoms with van der Waals surface area (Å²) in [7, 11) is 0. The zero-order chi connectivity index (χ0) is 10.9. The van der Waals surface area contributed by atoms with Crippen LogP contribution < -0.4 is 5.73 Å². The van der Waals surface area contributed by atoms with Crippen LogP contribution in [0.25, 0.3) is 0 Å². The molecule has 0 unspecified atom stereocenters. The first kappa shape index (κ1) is 11.0. The van der Waals surface area contributed by atoms with Gasteiger partial charge in [-0.2, -0.15) is 0 Å². The van der Waals surface area contributed by atoms with E-state index in [1.807, 2.05) is 0 Å². The molecule has 0 aliphatic heterocycles. The molecule has 0 aromatic carbocycles. The molecule has 0 saturated carbocycles. The predicted octanol–water partition coefficient (Wildman–Crippen LogP) is 2.11. The zero-order valence-corrected chi connectivity index (χ0v) is 8.73. The summed E-state index contributed by atoms with van der Waals surface area (Å²) in [4.78, 5) is 12.9. The Kier molecular flexibility index (Phi) is 3.13. The Hall–Kier alpha value is -1.06. The number of nitrogen functional groups attached to an aromatic ring is 1. The Morgan fingerprint density at radius 1 is 1.64 bits per heavy atom. The first-order valence-corrected chi connectivity index (χ1v) is 4.39. The Balaban J connectivity index is 3.32. The third kappa shape index (κ3) is 2.05. The molecule has 0 amide bonds. The van der Waals surface area contributed by atoms with Crippen LogP contribution in [0.1, 0.15) is 12.0 Å². The number of hydrogen-bond donors (Lipinski definition) is 1. The van der Waals surface area contributed by atoms with Crippen LogP contribution in [0.5, 0.6) is 0 Å². The molecule has 5 nitrogen and oxygen atoms in total. The minimum Gasteiger partial charge on any atom is -0.398 e. The molecule has 2 N–H and O–H groups in total. The molecule has 0 aliphatic carbocycles. The van der Waals surface area contributed by atoms with Crippen LogP contribution in [0.3, 0.4) is 0 Å². The van der Waals surface area contributed by atoms with Gasteiger partial charge in [0.2, 0.25) is 3.70 Å². The van der Waals surface area contributed by atoms with Crippen molar-refractivity contribution in [1.29, 1.82) is 0 Å². The molecule has 8 heteroatoms. The summed E-state index contributed by atoms with van der Waals surface area (Å²) in [5.41, 5.74) is 4.46. The highest BCUT2D eigenvalue weighted by molar-refractivity contribution is 14.1. The van der Waals surface area contributed by atoms with E-state index in [4.69, 9.17) is 5.73 Å². The van der Waals surface area contributed by atoms with E-state index in [-0.39, 0.29) is 9.39 Å². The lowest BCUT2D eigenvalue weighted by Gasteiger charge is -2.03. The van der Waals surface area contributed by atoms with Crippen LogP contribution in [0, 0.1) is 13.8 Å². The minimum absolute atomic E-state index is 0.149. The number of hydrogen-bond acceptors (Lipinski definition) is 4. The van der Waals surface area contributed by atoms with E-state index in [1.54, 1.807) is 0 Å². The molecule has 0 bridgehead atoms. The second-order valence-corrected chi connectivity index (χ2v) is 3.35. The molecule has 0 spiro atoms. The fourth-order valence-corrected chi connectivity index (χ4v) is 1.63. The zero-order valence-electron chi connectivity index (χ0n) is 6.58. The first-order valence-electron chi connectivity index (χ1n) is 3.32. The number of nitrogens with zero attached hydrogens (tertiary/aromatic N) is 2. The van der Waals surface area contributed by atoms with E-state index in [2.05, 4.69) is 4.98 Å². The maximum atomic E-state index is 12.3. The van der Waals surface area contributed by atoms with Crippen LogP contribution in [-0.4, -0.2) is 9.91 Å². The number of halogens is 3. The molecule has 1 aromatic heterocycles. The van der Waals surface area contributed by atoms with Crippen molar-refractivity contribution >= 4 is 34.1 Å². The molecule has 0 atom stereocenters. The maximum Gasteiger partial charge on any atom is 0.366 e. The molecule has 0 radical (unpaired) electrons. The third-order valence-corrected chi connectivity index (χ3v) is 2.26. The van der Waals surface area contributed by atoms with Crippen LogP contribution in [0.2, 0.25) is 0 Å². The van der Waals surface area contributed by atoms with Gasteiger partial charge in [-0.1, -0.05) is 0 Å². The van der Waals surface area contributed by atoms with Crippen LogP contribution in [-0.2, 0) is 0 Å². The molecular formula is C6H4F2IN3O2. The van der Waals surface area contributed by atoms with Gasteiger partial charge in [0.05, 0.1) is 17.3 Å². The van der Waals surface area contributed by atoms with Gasteiger partial charge in [-0.25, -0.2) is 8.78 Å². The summed E-state index contributed by atoms with van der Waals surface area (Å²) in [6, 6.07) is 0.823. The van der Waals surface area contributed by atoms with Gasteiger partial charge in [-0.05, 0) is 9.91 Å². The van der Waals surface area contributed by atoms with Crippen molar-refractivity contribution < 1.29 is 13.7 Å². The van der Waals surface area contributed by atoms with E-state index in [0.717, 1.165) is 6.07 Å². The van der Waals surface area contributed by atoms with Gasteiger partial charge in [-0.15, -0.1) is 0 Å². The summed E-state index contributed by atoms with van der Waals surface area (Å²) in [6.45, 7) is 0. The van der Waals surface area contributed by atoms with Gasteiger partial charge in [0.1, 0.15) is 0 Å². The highest BCUT2D eigenvalue weighted by atomic mass is 127. The monoisotopic (exact) mass is 315 g/mol. The van der Waals surface area contributed by atoms with E-state index in [0.29, 0.717) is 0 Å². The Morgan fingerprint density at radius 2 is 2.21 bits per heavy atom. The van der Waals surface area contributed by atoms with Gasteiger partial charge < -0.3 is 15.8 Å². The van der Waals surface area contributed by atoms with E-state index < -0.39 is 22.7 Å². The van der Waals surface area contributed by atoms with Crippen LogP contribution >= 0.6 is 22.6 Å². The van der Waals surface area contributed by atoms with E-state index in [1.165, 1.54) is 22.6 Å². The predicted molar refractivity (Wildman–Crippen MR) is 53.0 cm³/mol. The van der Waals surface area contributed by atoms with Gasteiger partial charge >= 0.3 is 5.82 Å². The molecule has 1 rings (SSSR count). The smallest absolute Gasteiger partial charge is 0.366 e. The first-order chi connectivity index (χ1) is 6.43. The van der Waals surface area contributed by atoms with Gasteiger partial charge in [0.25, 0.3) is 6.43 Å². The van der Waals surface area contributed by atoms with Crippen molar-refractivity contribution in [2.75, 3.05) is 5.73 Å². The maximum absolute atomic E-state index is 12.3. The fourth-order valence-electron chi connectivity index (χ4n) is 0.839. The Labute approximate surface area is 90.6 Å². The Bertz CT molecular complexity index is 362. The average molecular weight is 315 g/mol. The molecule has 0 aliphatic rings. The summed E-state index contributed by atoms with van der Waals surface area (Å²) in [5.74, 6) is -0.531. The van der Waals surface area contributed by atoms with Crippen molar-refractivity contribution in [3.63, 3.8) is 0 Å². The van der Waals surface area contributed by atoms with Crippen molar-refractivity contribution in [3.8, 4) is 0 Å². The van der Waals surface area contributed by atoms with Crippen molar-refractivity contribution in [2.24, 2.45) is 0 Å². The number of rotatable bonds is 2. The third-order valence-electron chi connectivity index (χ3n) is 1.44. The summed E-state index contributed by atoms with van der Waals surface area (Å²) in [5, 5.41) is 10.3. The largest absolute Gasteiger partial charge is 0.398 e. The summed E-state index contributed by atoms with van der Waals surface area (Å²) in [6.07, 6.45) is -2.78. The van der Waals surface area contributed by atoms with Gasteiger partial charge in [-0.3, -0.25) is 0 Å². The number of nitro groups is 1. The molecule has 14 heavy (non-hydrogen) atoms. The molecule has 1 aromatic rings. The van der Waals surface area contributed by atoms with E-state index >= 15 is 0 Å². The average Bonchev–Trinajstić information content (AvgIpc) is 2.01. The number of anilines is 1. The van der Waals surface area contributed by atoms with Crippen molar-refractivity contribution in [2.45, 2.75) is 6.43 Å². The quantitative estimate of drug-likeness (QED) is 0.392. The summed E-state index contributed by atoms with van der Waals surface area (Å²) >= 11 is 1.48. The van der Waals surface area contributed by atoms with Crippen LogP contribution in [0.15, 0.2) is 6.07 Å². The normalized spacial score (nSPS) is 10.6. The summed E-state index contributed by atoms with van der Waals surface area (Å²) < 4.78 is 24.5. The van der Waals surface area contributed by atoms with Crippen molar-refractivity contribution in [1.82, 2.24) is 4.98 Å². The lowest BCUT2D eigenvalue weighted by Crippen LogP contribution is -2.03. The number of aromatic nitrogens is 1. The minimum atomic E-state index is -2.78. The standard InChI is InChI=1S/C6H4F2IN3O2/c7-5(8)4-2(10)1-3(12(13)14)11-6(4)9/h1,5H,(H2,10,11). The van der Waals surface area contributed by atoms with E-state index in [9.17, 15) is 18.9 Å². The molecule has 0 fully saturated rings. The molecule has 76 valence electrons. The second-order valence-electron chi connectivity index (χ2n) is 2.33. The number of pyridine rings is 1. The van der Waals surface area contributed by atoms with Gasteiger partial charge in [0.15, 0.2) is 0 Å². The Morgan fingerprint density at radius 3 is 2.57 bits per heavy atom. The lowest BCUT2D eigenvalue weighted by atomic mass is 10.2. The molecule has 0 saturated heterocycles. The second kappa shape index (κ2) is 3.98. The highest BCUT2D eigenvalue weighted by Gasteiger charge is 2.23. The topological polar surface area (TPSA) is 82.0 Å². The number of alkyl halides is 2.